The molecule has 2 aromatic carbocycles. The molecule has 2 amide bonds. The van der Waals surface area contributed by atoms with Gasteiger partial charge in [0, 0.05) is 74.5 Å². The molecule has 0 radical (unpaired) electrons. The van der Waals surface area contributed by atoms with E-state index in [0.717, 1.165) is 37.4 Å². The number of benzene rings is 2. The molecule has 12 heteroatoms. The van der Waals surface area contributed by atoms with Crippen molar-refractivity contribution < 1.29 is 22.8 Å². The zero-order valence-electron chi connectivity index (χ0n) is 23.0. The van der Waals surface area contributed by atoms with Crippen LogP contribution in [-0.4, -0.2) is 72.6 Å². The van der Waals surface area contributed by atoms with Crippen molar-refractivity contribution >= 4 is 40.5 Å². The van der Waals surface area contributed by atoms with E-state index < -0.39 is 24.9 Å². The average Bonchev–Trinajstić information content (AvgIpc) is 2.94. The Morgan fingerprint density at radius 3 is 2.41 bits per heavy atom. The van der Waals surface area contributed by atoms with Gasteiger partial charge in [0.15, 0.2) is 0 Å². The number of aromatic nitrogens is 2. The van der Waals surface area contributed by atoms with Gasteiger partial charge in [-0.3, -0.25) is 9.59 Å². The molecule has 3 heterocycles. The first-order valence-corrected chi connectivity index (χ1v) is 13.5. The topological polar surface area (TPSA) is 93.7 Å². The van der Waals surface area contributed by atoms with Crippen molar-refractivity contribution in [2.24, 2.45) is 0 Å². The molecule has 3 aromatic rings. The number of nitrogens with one attached hydrogen (secondary N) is 2. The number of anilines is 5. The summed E-state index contributed by atoms with van der Waals surface area (Å²) in [5.74, 6) is -0.620. The van der Waals surface area contributed by atoms with Gasteiger partial charge in [0.1, 0.15) is 0 Å². The van der Waals surface area contributed by atoms with Crippen LogP contribution in [0.25, 0.3) is 0 Å². The fourth-order valence-corrected chi connectivity index (χ4v) is 4.95. The van der Waals surface area contributed by atoms with Crippen LogP contribution in [0.4, 0.5) is 41.9 Å². The van der Waals surface area contributed by atoms with Crippen LogP contribution in [-0.2, 0) is 11.2 Å². The monoisotopic (exact) mass is 567 g/mol. The molecule has 0 saturated carbocycles. The lowest BCUT2D eigenvalue weighted by molar-refractivity contribution is -0.142. The van der Waals surface area contributed by atoms with E-state index in [9.17, 15) is 22.8 Å². The van der Waals surface area contributed by atoms with Crippen molar-refractivity contribution in [2.45, 2.75) is 32.4 Å². The van der Waals surface area contributed by atoms with E-state index in [0.29, 0.717) is 41.5 Å². The Morgan fingerprint density at radius 1 is 1.00 bits per heavy atom. The maximum atomic E-state index is 13.4. The van der Waals surface area contributed by atoms with Crippen LogP contribution in [0.3, 0.4) is 0 Å². The fourth-order valence-electron chi connectivity index (χ4n) is 4.95. The predicted octanol–water partition coefficient (Wildman–Crippen LogP) is 4.76. The predicted molar refractivity (Wildman–Crippen MR) is 152 cm³/mol. The molecule has 2 aliphatic rings. The van der Waals surface area contributed by atoms with Crippen molar-refractivity contribution in [3.8, 4) is 0 Å². The second-order valence-electron chi connectivity index (χ2n) is 10.4. The third-order valence-electron chi connectivity index (χ3n) is 7.33. The molecule has 0 bridgehead atoms. The maximum absolute atomic E-state index is 13.4. The number of alkyl halides is 3. The summed E-state index contributed by atoms with van der Waals surface area (Å²) in [5.41, 5.74) is 4.70. The van der Waals surface area contributed by atoms with E-state index in [1.165, 1.54) is 11.9 Å². The van der Waals surface area contributed by atoms with Gasteiger partial charge in [0.25, 0.3) is 5.91 Å². The molecule has 41 heavy (non-hydrogen) atoms. The third kappa shape index (κ3) is 6.94. The number of aryl methyl sites for hydroxylation is 1. The molecular weight excluding hydrogens is 535 g/mol. The number of carbonyl (C=O) groups is 2. The second-order valence-corrected chi connectivity index (χ2v) is 10.4. The number of hydrogen-bond donors (Lipinski definition) is 2. The van der Waals surface area contributed by atoms with Gasteiger partial charge in [-0.25, -0.2) is 9.97 Å². The third-order valence-corrected chi connectivity index (χ3v) is 7.33. The van der Waals surface area contributed by atoms with Crippen molar-refractivity contribution in [3.63, 3.8) is 0 Å². The molecule has 1 aromatic heterocycles. The molecule has 1 saturated heterocycles. The number of fused-ring (bicyclic) bond motifs is 1. The number of carbonyl (C=O) groups excluding carboxylic acids is 2. The summed E-state index contributed by atoms with van der Waals surface area (Å²) in [5, 5.41) is 5.71. The fraction of sp³-hybridized carbons (Fsp3) is 0.379. The normalized spacial score (nSPS) is 16.0. The van der Waals surface area contributed by atoms with Crippen LogP contribution in [0.2, 0.25) is 0 Å². The van der Waals surface area contributed by atoms with Gasteiger partial charge in [0.2, 0.25) is 11.9 Å². The molecule has 0 unspecified atom stereocenters. The summed E-state index contributed by atoms with van der Waals surface area (Å²) in [7, 11) is 2.13. The minimum atomic E-state index is -4.41. The van der Waals surface area contributed by atoms with Crippen molar-refractivity contribution in [1.29, 1.82) is 0 Å². The summed E-state index contributed by atoms with van der Waals surface area (Å²) in [6.45, 7) is 6.23. The summed E-state index contributed by atoms with van der Waals surface area (Å²) in [4.78, 5) is 40.6. The molecule has 216 valence electrons. The van der Waals surface area contributed by atoms with Gasteiger partial charge < -0.3 is 25.3 Å². The van der Waals surface area contributed by atoms with E-state index in [1.54, 1.807) is 23.1 Å². The highest BCUT2D eigenvalue weighted by molar-refractivity contribution is 6.08. The Labute approximate surface area is 236 Å². The molecule has 9 nitrogen and oxygen atoms in total. The Balaban J connectivity index is 1.25. The van der Waals surface area contributed by atoms with Crippen LogP contribution < -0.4 is 20.4 Å². The molecule has 0 aliphatic carbocycles. The maximum Gasteiger partial charge on any atom is 0.389 e. The highest BCUT2D eigenvalue weighted by atomic mass is 19.4. The highest BCUT2D eigenvalue weighted by Gasteiger charge is 2.30. The second kappa shape index (κ2) is 11.7. The Hall–Kier alpha value is -4.19. The first kappa shape index (κ1) is 28.3. The van der Waals surface area contributed by atoms with E-state index in [-0.39, 0.29) is 5.91 Å². The van der Waals surface area contributed by atoms with Crippen molar-refractivity contribution in [3.05, 3.63) is 65.5 Å². The summed E-state index contributed by atoms with van der Waals surface area (Å²) in [6.07, 6.45) is -4.28. The van der Waals surface area contributed by atoms with Crippen molar-refractivity contribution in [2.75, 3.05) is 60.2 Å². The van der Waals surface area contributed by atoms with Crippen LogP contribution in [0.1, 0.15) is 34.5 Å². The van der Waals surface area contributed by atoms with E-state index in [1.807, 2.05) is 19.1 Å². The minimum Gasteiger partial charge on any atom is -0.369 e. The van der Waals surface area contributed by atoms with Gasteiger partial charge in [0.05, 0.1) is 17.7 Å². The van der Waals surface area contributed by atoms with Crippen LogP contribution in [0, 0.1) is 6.92 Å². The first-order valence-electron chi connectivity index (χ1n) is 13.5. The van der Waals surface area contributed by atoms with Crippen molar-refractivity contribution in [1.82, 2.24) is 14.9 Å². The summed E-state index contributed by atoms with van der Waals surface area (Å²) >= 11 is 0. The quantitative estimate of drug-likeness (QED) is 0.425. The Kier molecular flexibility index (Phi) is 8.11. The highest BCUT2D eigenvalue weighted by Crippen LogP contribution is 2.30. The van der Waals surface area contributed by atoms with Gasteiger partial charge >= 0.3 is 6.18 Å². The lowest BCUT2D eigenvalue weighted by atomic mass is 10.0. The zero-order valence-corrected chi connectivity index (χ0v) is 23.0. The molecule has 2 aliphatic heterocycles. The van der Waals surface area contributed by atoms with Gasteiger partial charge in [-0.2, -0.15) is 13.2 Å². The minimum absolute atomic E-state index is 0.280. The lowest BCUT2D eigenvalue weighted by Crippen LogP contribution is -2.44. The Bertz CT molecular complexity index is 1420. The Morgan fingerprint density at radius 2 is 1.71 bits per heavy atom. The van der Waals surface area contributed by atoms with Crippen LogP contribution in [0.15, 0.2) is 48.7 Å². The van der Waals surface area contributed by atoms with Gasteiger partial charge in [-0.1, -0.05) is 6.07 Å². The first-order chi connectivity index (χ1) is 19.6. The average molecular weight is 568 g/mol. The SMILES string of the molecule is Cc1ccc(NC(=O)CCC(F)(F)F)cc1N1CCc2nc(Nc3ccc(N4CCN(C)CC4)cc3)ncc2C1=O. The zero-order chi connectivity index (χ0) is 29.1. The number of likely N-dealkylation sites (N-methyl/N-ethyl adjacent to an activating group) is 1. The lowest BCUT2D eigenvalue weighted by Gasteiger charge is -2.34. The smallest absolute Gasteiger partial charge is 0.369 e. The van der Waals surface area contributed by atoms with E-state index in [4.69, 9.17) is 0 Å². The summed E-state index contributed by atoms with van der Waals surface area (Å²) < 4.78 is 37.4. The molecular formula is C29H32F3N7O2. The number of rotatable bonds is 7. The summed E-state index contributed by atoms with van der Waals surface area (Å²) in [6, 6.07) is 13.0. The van der Waals surface area contributed by atoms with Gasteiger partial charge in [-0.15, -0.1) is 0 Å². The van der Waals surface area contributed by atoms with Crippen LogP contribution in [0.5, 0.6) is 0 Å². The largest absolute Gasteiger partial charge is 0.389 e. The molecule has 0 atom stereocenters. The van der Waals surface area contributed by atoms with E-state index in [2.05, 4.69) is 49.6 Å². The van der Waals surface area contributed by atoms with Crippen LogP contribution >= 0.6 is 0 Å². The van der Waals surface area contributed by atoms with E-state index >= 15 is 0 Å². The molecule has 0 spiro atoms. The number of hydrogen-bond acceptors (Lipinski definition) is 7. The molecule has 1 fully saturated rings. The number of halogens is 3. The molecule has 5 rings (SSSR count). The number of amides is 2. The number of nitrogens with zero attached hydrogens (tertiary/aromatic N) is 5. The number of piperazine rings is 1. The molecule has 2 N–H and O–H groups in total. The standard InChI is InChI=1S/C29H32F3N7O2/c1-19-3-4-21(34-26(40)9-11-29(30,31)32)17-25(19)39-12-10-24-23(27(39)41)18-33-28(36-24)35-20-5-7-22(8-6-20)38-15-13-37(2)14-16-38/h3-8,17-18H,9-16H2,1-2H3,(H,34,40)(H,33,35,36). The van der Waals surface area contributed by atoms with Gasteiger partial charge in [-0.05, 0) is 55.9 Å².